The number of likely N-dealkylation sites (tertiary alicyclic amines) is 1. The molecule has 3 aliphatic heterocycles. The van der Waals surface area contributed by atoms with Crippen LogP contribution in [0.5, 0.6) is 6.01 Å². The van der Waals surface area contributed by atoms with Crippen LogP contribution in [-0.2, 0) is 6.18 Å². The molecule has 3 aliphatic rings. The van der Waals surface area contributed by atoms with Gasteiger partial charge in [-0.15, -0.1) is 0 Å². The van der Waals surface area contributed by atoms with Crippen molar-refractivity contribution < 1.29 is 22.3 Å². The SMILES string of the molecule is Cc1cc2[nH]ncc2c(-c2ccc3c(N4C[C@H]5CC[C@@](C)(C4)N5)nc(OC[C@@H]4C[C@@H](F)CN4C)nc3c2)c1C(F)(F)F. The number of aryl methyl sites for hydroxylation is 1. The minimum Gasteiger partial charge on any atom is -0.462 e. The molecule has 2 bridgehead atoms. The van der Waals surface area contributed by atoms with E-state index in [1.165, 1.54) is 19.2 Å². The molecule has 8 nitrogen and oxygen atoms in total. The fraction of sp³-hybridized carbons (Fsp3) is 0.500. The van der Waals surface area contributed by atoms with Crippen LogP contribution in [-0.4, -0.2) is 82.1 Å². The number of benzene rings is 2. The van der Waals surface area contributed by atoms with Crippen LogP contribution < -0.4 is 15.0 Å². The Kier molecular flexibility index (Phi) is 6.36. The van der Waals surface area contributed by atoms with E-state index in [0.29, 0.717) is 46.8 Å². The van der Waals surface area contributed by atoms with Crippen molar-refractivity contribution in [3.8, 4) is 17.1 Å². The molecular formula is C30H33F4N7O. The van der Waals surface area contributed by atoms with E-state index in [0.717, 1.165) is 31.3 Å². The van der Waals surface area contributed by atoms with Gasteiger partial charge in [0.1, 0.15) is 18.6 Å². The Bertz CT molecular complexity index is 1670. The molecule has 2 aromatic carbocycles. The molecule has 42 heavy (non-hydrogen) atoms. The summed E-state index contributed by atoms with van der Waals surface area (Å²) < 4.78 is 63.3. The Morgan fingerprint density at radius 1 is 1.14 bits per heavy atom. The van der Waals surface area contributed by atoms with Crippen molar-refractivity contribution in [2.24, 2.45) is 0 Å². The van der Waals surface area contributed by atoms with Gasteiger partial charge in [0.15, 0.2) is 0 Å². The Morgan fingerprint density at radius 3 is 2.71 bits per heavy atom. The molecule has 12 heteroatoms. The maximum atomic E-state index is 14.4. The highest BCUT2D eigenvalue weighted by molar-refractivity contribution is 6.00. The number of piperazine rings is 1. The molecule has 2 aromatic heterocycles. The van der Waals surface area contributed by atoms with E-state index in [4.69, 9.17) is 9.72 Å². The first-order valence-electron chi connectivity index (χ1n) is 14.3. The van der Waals surface area contributed by atoms with Gasteiger partial charge in [0, 0.05) is 53.6 Å². The van der Waals surface area contributed by atoms with Gasteiger partial charge < -0.3 is 15.0 Å². The Balaban J connectivity index is 1.36. The Hall–Kier alpha value is -3.51. The standard InChI is InChI=1S/C30H33F4N7O/c1-16-8-24-22(11-35-39-24)25(26(16)30(32,33)34)17-4-5-21-23(9-17)36-28(42-14-20-10-18(31)12-40(20)3)37-27(21)41-13-19-6-7-29(2,15-41)38-19/h4-5,8-9,11,18-20,38H,6-7,10,12-15H2,1-3H3,(H,35,39)/t18-,19-,20+,29+/m1/s1. The largest absolute Gasteiger partial charge is 0.462 e. The molecule has 222 valence electrons. The molecule has 4 aromatic rings. The summed E-state index contributed by atoms with van der Waals surface area (Å²) in [5, 5.41) is 11.7. The van der Waals surface area contributed by atoms with Crippen molar-refractivity contribution in [3.63, 3.8) is 0 Å². The topological polar surface area (TPSA) is 82.2 Å². The highest BCUT2D eigenvalue weighted by atomic mass is 19.4. The zero-order valence-electron chi connectivity index (χ0n) is 23.7. The fourth-order valence-corrected chi connectivity index (χ4v) is 7.13. The van der Waals surface area contributed by atoms with Gasteiger partial charge in [-0.3, -0.25) is 10.00 Å². The molecule has 4 atom stereocenters. The predicted octanol–water partition coefficient (Wildman–Crippen LogP) is 5.25. The number of nitrogens with one attached hydrogen (secondary N) is 2. The molecule has 3 saturated heterocycles. The number of anilines is 1. The van der Waals surface area contributed by atoms with Gasteiger partial charge in [0.05, 0.1) is 22.8 Å². The maximum absolute atomic E-state index is 14.4. The molecular weight excluding hydrogens is 550 g/mol. The minimum atomic E-state index is -4.57. The minimum absolute atomic E-state index is 0.0556. The van der Waals surface area contributed by atoms with Crippen molar-refractivity contribution in [3.05, 3.63) is 41.6 Å². The number of rotatable bonds is 5. The quantitative estimate of drug-likeness (QED) is 0.311. The third-order valence-electron chi connectivity index (χ3n) is 9.09. The smallest absolute Gasteiger partial charge is 0.417 e. The number of nitrogens with zero attached hydrogens (tertiary/aromatic N) is 5. The van der Waals surface area contributed by atoms with Gasteiger partial charge in [-0.2, -0.15) is 28.2 Å². The first kappa shape index (κ1) is 27.3. The molecule has 5 heterocycles. The van der Waals surface area contributed by atoms with Crippen LogP contribution in [0.25, 0.3) is 32.9 Å². The summed E-state index contributed by atoms with van der Waals surface area (Å²) >= 11 is 0. The number of H-pyrrole nitrogens is 1. The first-order chi connectivity index (χ1) is 20.0. The molecule has 3 fully saturated rings. The summed E-state index contributed by atoms with van der Waals surface area (Å²) in [6.07, 6.45) is -1.56. The van der Waals surface area contributed by atoms with Gasteiger partial charge in [-0.1, -0.05) is 6.07 Å². The van der Waals surface area contributed by atoms with E-state index in [-0.39, 0.29) is 35.3 Å². The number of hydrogen-bond acceptors (Lipinski definition) is 7. The molecule has 0 amide bonds. The highest BCUT2D eigenvalue weighted by Gasteiger charge is 2.42. The summed E-state index contributed by atoms with van der Waals surface area (Å²) in [4.78, 5) is 13.7. The van der Waals surface area contributed by atoms with Gasteiger partial charge in [-0.05, 0) is 69.5 Å². The lowest BCUT2D eigenvalue weighted by molar-refractivity contribution is -0.137. The number of ether oxygens (including phenoxy) is 1. The second-order valence-electron chi connectivity index (χ2n) is 12.4. The van der Waals surface area contributed by atoms with Crippen molar-refractivity contribution in [2.45, 2.75) is 63.1 Å². The number of halogens is 4. The lowest BCUT2D eigenvalue weighted by Crippen LogP contribution is -2.58. The monoisotopic (exact) mass is 583 g/mol. The van der Waals surface area contributed by atoms with Gasteiger partial charge in [0.2, 0.25) is 0 Å². The molecule has 0 aliphatic carbocycles. The average Bonchev–Trinajstić information content (AvgIpc) is 3.60. The summed E-state index contributed by atoms with van der Waals surface area (Å²) in [7, 11) is 1.86. The zero-order valence-corrected chi connectivity index (χ0v) is 23.7. The summed E-state index contributed by atoms with van der Waals surface area (Å²) in [5.41, 5.74) is 0.808. The van der Waals surface area contributed by atoms with E-state index in [2.05, 4.69) is 32.3 Å². The van der Waals surface area contributed by atoms with Crippen molar-refractivity contribution in [1.29, 1.82) is 0 Å². The first-order valence-corrected chi connectivity index (χ1v) is 14.3. The van der Waals surface area contributed by atoms with E-state index in [1.54, 1.807) is 12.1 Å². The number of aromatic nitrogens is 4. The number of hydrogen-bond donors (Lipinski definition) is 2. The van der Waals surface area contributed by atoms with Crippen LogP contribution >= 0.6 is 0 Å². The predicted molar refractivity (Wildman–Crippen MR) is 153 cm³/mol. The van der Waals surface area contributed by atoms with Crippen molar-refractivity contribution in [1.82, 2.24) is 30.4 Å². The fourth-order valence-electron chi connectivity index (χ4n) is 7.13. The second kappa shape index (κ2) is 9.77. The molecule has 0 radical (unpaired) electrons. The van der Waals surface area contributed by atoms with E-state index in [9.17, 15) is 17.6 Å². The van der Waals surface area contributed by atoms with E-state index < -0.39 is 17.9 Å². The van der Waals surface area contributed by atoms with Crippen LogP contribution in [0, 0.1) is 6.92 Å². The van der Waals surface area contributed by atoms with Crippen LogP contribution in [0.15, 0.2) is 30.5 Å². The van der Waals surface area contributed by atoms with E-state index in [1.807, 2.05) is 18.0 Å². The van der Waals surface area contributed by atoms with Crippen LogP contribution in [0.2, 0.25) is 0 Å². The second-order valence-corrected chi connectivity index (χ2v) is 12.4. The summed E-state index contributed by atoms with van der Waals surface area (Å²) in [6, 6.07) is 7.02. The summed E-state index contributed by atoms with van der Waals surface area (Å²) in [5.74, 6) is 0.693. The van der Waals surface area contributed by atoms with Crippen LogP contribution in [0.4, 0.5) is 23.4 Å². The maximum Gasteiger partial charge on any atom is 0.417 e. The van der Waals surface area contributed by atoms with Crippen LogP contribution in [0.3, 0.4) is 0 Å². The number of alkyl halides is 4. The molecule has 0 spiro atoms. The van der Waals surface area contributed by atoms with Crippen molar-refractivity contribution >= 4 is 27.6 Å². The van der Waals surface area contributed by atoms with E-state index >= 15 is 0 Å². The lowest BCUT2D eigenvalue weighted by Gasteiger charge is -2.40. The van der Waals surface area contributed by atoms with Gasteiger partial charge in [-0.25, -0.2) is 4.39 Å². The average molecular weight is 584 g/mol. The summed E-state index contributed by atoms with van der Waals surface area (Å²) in [6.45, 7) is 5.72. The Labute approximate surface area is 240 Å². The molecule has 0 unspecified atom stereocenters. The molecule has 2 N–H and O–H groups in total. The molecule has 7 rings (SSSR count). The molecule has 0 saturated carbocycles. The third-order valence-corrected chi connectivity index (χ3v) is 9.09. The van der Waals surface area contributed by atoms with Crippen LogP contribution in [0.1, 0.15) is 37.3 Å². The zero-order chi connectivity index (χ0) is 29.4. The van der Waals surface area contributed by atoms with Crippen molar-refractivity contribution in [2.75, 3.05) is 38.2 Å². The third kappa shape index (κ3) is 4.74. The normalized spacial score (nSPS) is 26.5. The number of likely N-dealkylation sites (N-methyl/N-ethyl adjacent to an activating group) is 1. The number of fused-ring (bicyclic) bond motifs is 4. The van der Waals surface area contributed by atoms with Gasteiger partial charge >= 0.3 is 12.2 Å². The lowest BCUT2D eigenvalue weighted by atomic mass is 9.91. The number of aromatic amines is 1. The highest BCUT2D eigenvalue weighted by Crippen LogP contribution is 2.44. The Morgan fingerprint density at radius 2 is 1.98 bits per heavy atom. The van der Waals surface area contributed by atoms with Gasteiger partial charge in [0.25, 0.3) is 0 Å².